The molecule has 0 spiro atoms. The van der Waals surface area contributed by atoms with Crippen LogP contribution in [-0.4, -0.2) is 29.9 Å². The molecule has 0 atom stereocenters. The molecule has 0 amide bonds. The van der Waals surface area contributed by atoms with Crippen LogP contribution in [0.5, 0.6) is 0 Å². The highest BCUT2D eigenvalue weighted by atomic mass is 32.1. The summed E-state index contributed by atoms with van der Waals surface area (Å²) in [5, 5.41) is 6.65. The number of ether oxygens (including phenoxy) is 2. The van der Waals surface area contributed by atoms with Crippen LogP contribution in [0.2, 0.25) is 0 Å². The average molecular weight is 361 g/mol. The fourth-order valence-electron chi connectivity index (χ4n) is 1.99. The SMILES string of the molecule is CCOC(=O)Cc1csc(NN=Cc2cccc(COC(C)C)c2)n1. The lowest BCUT2D eigenvalue weighted by molar-refractivity contribution is -0.142. The van der Waals surface area contributed by atoms with Crippen molar-refractivity contribution in [2.24, 2.45) is 5.10 Å². The number of hydrogen-bond donors (Lipinski definition) is 1. The van der Waals surface area contributed by atoms with Gasteiger partial charge in [0, 0.05) is 5.38 Å². The Bertz CT molecular complexity index is 713. The first kappa shape index (κ1) is 19.1. The number of thiazole rings is 1. The number of carbonyl (C=O) groups is 1. The van der Waals surface area contributed by atoms with Crippen LogP contribution < -0.4 is 5.43 Å². The lowest BCUT2D eigenvalue weighted by Gasteiger charge is -2.07. The summed E-state index contributed by atoms with van der Waals surface area (Å²) in [5.41, 5.74) is 5.63. The Morgan fingerprint density at radius 3 is 3.04 bits per heavy atom. The van der Waals surface area contributed by atoms with E-state index in [2.05, 4.69) is 15.5 Å². The van der Waals surface area contributed by atoms with E-state index in [0.29, 0.717) is 24.0 Å². The number of anilines is 1. The Morgan fingerprint density at radius 1 is 1.44 bits per heavy atom. The quantitative estimate of drug-likeness (QED) is 0.419. The summed E-state index contributed by atoms with van der Waals surface area (Å²) < 4.78 is 10.5. The summed E-state index contributed by atoms with van der Waals surface area (Å²) in [6, 6.07) is 8.00. The van der Waals surface area contributed by atoms with Gasteiger partial charge in [-0.3, -0.25) is 10.2 Å². The van der Waals surface area contributed by atoms with Crippen molar-refractivity contribution in [3.05, 3.63) is 46.5 Å². The molecular formula is C18H23N3O3S. The number of rotatable bonds is 9. The lowest BCUT2D eigenvalue weighted by atomic mass is 10.1. The second-order valence-electron chi connectivity index (χ2n) is 5.60. The highest BCUT2D eigenvalue weighted by Crippen LogP contribution is 2.16. The molecule has 0 aliphatic heterocycles. The highest BCUT2D eigenvalue weighted by Gasteiger charge is 2.07. The van der Waals surface area contributed by atoms with Crippen molar-refractivity contribution in [1.82, 2.24) is 4.98 Å². The minimum absolute atomic E-state index is 0.174. The van der Waals surface area contributed by atoms with E-state index in [0.717, 1.165) is 11.1 Å². The van der Waals surface area contributed by atoms with Crippen molar-refractivity contribution in [3.8, 4) is 0 Å². The third-order valence-corrected chi connectivity index (χ3v) is 3.89. The van der Waals surface area contributed by atoms with Gasteiger partial charge in [-0.1, -0.05) is 18.2 Å². The van der Waals surface area contributed by atoms with Gasteiger partial charge in [0.15, 0.2) is 0 Å². The van der Waals surface area contributed by atoms with Crippen LogP contribution in [0, 0.1) is 0 Å². The van der Waals surface area contributed by atoms with E-state index < -0.39 is 0 Å². The minimum atomic E-state index is -0.275. The van der Waals surface area contributed by atoms with Crippen molar-refractivity contribution in [1.29, 1.82) is 0 Å². The van der Waals surface area contributed by atoms with Gasteiger partial charge in [-0.2, -0.15) is 5.10 Å². The topological polar surface area (TPSA) is 72.8 Å². The first-order valence-electron chi connectivity index (χ1n) is 8.16. The normalized spacial score (nSPS) is 11.2. The van der Waals surface area contributed by atoms with E-state index in [1.807, 2.05) is 43.5 Å². The molecule has 0 bridgehead atoms. The molecule has 0 saturated heterocycles. The molecule has 1 N–H and O–H groups in total. The number of hydrazone groups is 1. The zero-order chi connectivity index (χ0) is 18.1. The van der Waals surface area contributed by atoms with Gasteiger partial charge in [0.2, 0.25) is 5.13 Å². The Hall–Kier alpha value is -2.25. The zero-order valence-corrected chi connectivity index (χ0v) is 15.5. The molecule has 1 heterocycles. The number of nitrogens with zero attached hydrogens (tertiary/aromatic N) is 2. The van der Waals surface area contributed by atoms with Crippen molar-refractivity contribution in [2.75, 3.05) is 12.0 Å². The number of hydrogen-bond acceptors (Lipinski definition) is 7. The van der Waals surface area contributed by atoms with Gasteiger partial charge in [0.1, 0.15) is 0 Å². The average Bonchev–Trinajstić information content (AvgIpc) is 3.01. The molecule has 6 nitrogen and oxygen atoms in total. The van der Waals surface area contributed by atoms with Gasteiger partial charge in [-0.15, -0.1) is 11.3 Å². The molecule has 25 heavy (non-hydrogen) atoms. The first-order chi connectivity index (χ1) is 12.1. The molecule has 1 aromatic carbocycles. The number of carbonyl (C=O) groups excluding carboxylic acids is 1. The molecule has 7 heteroatoms. The molecule has 2 rings (SSSR count). The molecule has 0 fully saturated rings. The summed E-state index contributed by atoms with van der Waals surface area (Å²) in [4.78, 5) is 15.7. The summed E-state index contributed by atoms with van der Waals surface area (Å²) in [5.74, 6) is -0.275. The predicted octanol–water partition coefficient (Wildman–Crippen LogP) is 3.62. The summed E-state index contributed by atoms with van der Waals surface area (Å²) >= 11 is 1.40. The van der Waals surface area contributed by atoms with Gasteiger partial charge in [0.25, 0.3) is 0 Å². The van der Waals surface area contributed by atoms with Gasteiger partial charge >= 0.3 is 5.97 Å². The maximum Gasteiger partial charge on any atom is 0.311 e. The molecule has 0 radical (unpaired) electrons. The number of aromatic nitrogens is 1. The molecule has 0 saturated carbocycles. The Balaban J connectivity index is 1.87. The lowest BCUT2D eigenvalue weighted by Crippen LogP contribution is -2.07. The van der Waals surface area contributed by atoms with Gasteiger partial charge < -0.3 is 9.47 Å². The highest BCUT2D eigenvalue weighted by molar-refractivity contribution is 7.13. The van der Waals surface area contributed by atoms with Crippen molar-refractivity contribution >= 4 is 28.7 Å². The van der Waals surface area contributed by atoms with E-state index in [4.69, 9.17) is 9.47 Å². The second kappa shape index (κ2) is 9.90. The van der Waals surface area contributed by atoms with E-state index in [-0.39, 0.29) is 18.5 Å². The Labute approximate surface area is 151 Å². The molecule has 0 aliphatic carbocycles. The molecule has 0 aliphatic rings. The van der Waals surface area contributed by atoms with E-state index in [1.54, 1.807) is 13.1 Å². The van der Waals surface area contributed by atoms with E-state index in [1.165, 1.54) is 11.3 Å². The fourth-order valence-corrected chi connectivity index (χ4v) is 2.65. The summed E-state index contributed by atoms with van der Waals surface area (Å²) in [6.07, 6.45) is 2.10. The van der Waals surface area contributed by atoms with Crippen molar-refractivity contribution in [2.45, 2.75) is 39.9 Å². The van der Waals surface area contributed by atoms with E-state index in [9.17, 15) is 4.79 Å². The van der Waals surface area contributed by atoms with Crippen LogP contribution >= 0.6 is 11.3 Å². The van der Waals surface area contributed by atoms with Crippen LogP contribution in [0.3, 0.4) is 0 Å². The fraction of sp³-hybridized carbons (Fsp3) is 0.389. The van der Waals surface area contributed by atoms with Crippen LogP contribution in [0.4, 0.5) is 5.13 Å². The number of esters is 1. The standard InChI is InChI=1S/C18H23N3O3S/c1-4-23-17(22)9-16-12-25-18(20-16)21-19-10-14-6-5-7-15(8-14)11-24-13(2)3/h5-8,10,12-13H,4,9,11H2,1-3H3,(H,20,21). The largest absolute Gasteiger partial charge is 0.466 e. The van der Waals surface area contributed by atoms with Gasteiger partial charge in [0.05, 0.1) is 37.6 Å². The second-order valence-corrected chi connectivity index (χ2v) is 6.46. The summed E-state index contributed by atoms with van der Waals surface area (Å²) in [7, 11) is 0. The Kier molecular flexibility index (Phi) is 7.56. The van der Waals surface area contributed by atoms with Crippen LogP contribution in [-0.2, 0) is 27.3 Å². The van der Waals surface area contributed by atoms with Crippen LogP contribution in [0.1, 0.15) is 37.6 Å². The third-order valence-electron chi connectivity index (χ3n) is 3.09. The third kappa shape index (κ3) is 7.03. The van der Waals surface area contributed by atoms with Crippen LogP contribution in [0.15, 0.2) is 34.7 Å². The zero-order valence-electron chi connectivity index (χ0n) is 14.7. The number of nitrogens with one attached hydrogen (secondary N) is 1. The predicted molar refractivity (Wildman–Crippen MR) is 100 cm³/mol. The smallest absolute Gasteiger partial charge is 0.311 e. The van der Waals surface area contributed by atoms with Crippen LogP contribution in [0.25, 0.3) is 0 Å². The van der Waals surface area contributed by atoms with Crippen molar-refractivity contribution < 1.29 is 14.3 Å². The Morgan fingerprint density at radius 2 is 2.28 bits per heavy atom. The maximum atomic E-state index is 11.4. The molecule has 2 aromatic rings. The van der Waals surface area contributed by atoms with Crippen molar-refractivity contribution in [3.63, 3.8) is 0 Å². The first-order valence-corrected chi connectivity index (χ1v) is 9.04. The molecule has 0 unspecified atom stereocenters. The van der Waals surface area contributed by atoms with Gasteiger partial charge in [-0.25, -0.2) is 4.98 Å². The molecular weight excluding hydrogens is 338 g/mol. The maximum absolute atomic E-state index is 11.4. The molecule has 1 aromatic heterocycles. The molecule has 134 valence electrons. The van der Waals surface area contributed by atoms with E-state index >= 15 is 0 Å². The minimum Gasteiger partial charge on any atom is -0.466 e. The van der Waals surface area contributed by atoms with Gasteiger partial charge in [-0.05, 0) is 38.0 Å². The summed E-state index contributed by atoms with van der Waals surface area (Å²) in [6.45, 7) is 6.76. The monoisotopic (exact) mass is 361 g/mol. The number of benzene rings is 1.